The Kier molecular flexibility index (Phi) is 11.7. The average Bonchev–Trinajstić information content (AvgIpc) is 2.98. The molecule has 2 atom stereocenters. The molecular formula is C28H44N7O4PS. The number of nitrogens with two attached hydrogens (primary N) is 1. The summed E-state index contributed by atoms with van der Waals surface area (Å²) < 4.78 is 5.98. The van der Waals surface area contributed by atoms with E-state index in [4.69, 9.17) is 15.6 Å². The Morgan fingerprint density at radius 2 is 2.07 bits per heavy atom. The predicted octanol–water partition coefficient (Wildman–Crippen LogP) is 0.882. The van der Waals surface area contributed by atoms with Crippen LogP contribution in [0.5, 0.6) is 5.75 Å². The van der Waals surface area contributed by atoms with Crippen LogP contribution in [0.2, 0.25) is 0 Å². The molecule has 5 N–H and O–H groups in total. The number of piperazine rings is 1. The van der Waals surface area contributed by atoms with Gasteiger partial charge in [-0.1, -0.05) is 19.1 Å². The first-order valence-electron chi connectivity index (χ1n) is 14.4. The molecule has 0 saturated carbocycles. The number of aliphatic hydroxyl groups is 1. The van der Waals surface area contributed by atoms with Gasteiger partial charge in [-0.25, -0.2) is 4.98 Å². The molecule has 2 saturated heterocycles. The molecule has 11 nitrogen and oxygen atoms in total. The van der Waals surface area contributed by atoms with Gasteiger partial charge in [0.2, 0.25) is 0 Å². The van der Waals surface area contributed by atoms with Gasteiger partial charge in [0.25, 0.3) is 11.5 Å². The molecule has 0 radical (unpaired) electrons. The van der Waals surface area contributed by atoms with E-state index in [1.807, 2.05) is 4.90 Å². The molecule has 3 heterocycles. The van der Waals surface area contributed by atoms with Crippen LogP contribution in [0, 0.1) is 0 Å². The summed E-state index contributed by atoms with van der Waals surface area (Å²) in [5, 5.41) is 12.5. The van der Waals surface area contributed by atoms with Crippen molar-refractivity contribution in [2.45, 2.75) is 44.8 Å². The maximum Gasteiger partial charge on any atom is 0.291 e. The van der Waals surface area contributed by atoms with Crippen molar-refractivity contribution in [2.24, 2.45) is 0 Å². The Balaban J connectivity index is 1.33. The summed E-state index contributed by atoms with van der Waals surface area (Å²) in [5.41, 5.74) is 6.81. The summed E-state index contributed by atoms with van der Waals surface area (Å²) >= 11 is 1.79. The number of piperidine rings is 1. The summed E-state index contributed by atoms with van der Waals surface area (Å²) in [6, 6.07) is 7.30. The number of carbonyl (C=O) groups is 1. The monoisotopic (exact) mass is 605 g/mol. The van der Waals surface area contributed by atoms with Gasteiger partial charge in [-0.05, 0) is 50.2 Å². The Bertz CT molecular complexity index is 1220. The van der Waals surface area contributed by atoms with Gasteiger partial charge in [0.05, 0.1) is 13.2 Å². The number of aromatic amines is 1. The molecule has 1 amide bonds. The molecule has 0 bridgehead atoms. The number of hydrogen-bond acceptors (Lipinski definition) is 10. The number of nitrogens with zero attached hydrogens (tertiary/aromatic N) is 4. The number of thioether (sulfide) groups is 1. The van der Waals surface area contributed by atoms with Gasteiger partial charge in [0, 0.05) is 55.9 Å². The molecule has 13 heteroatoms. The number of aliphatic hydroxyl groups excluding tert-OH is 1. The highest BCUT2D eigenvalue weighted by atomic mass is 32.2. The van der Waals surface area contributed by atoms with Crippen molar-refractivity contribution in [2.75, 3.05) is 75.1 Å². The molecule has 226 valence electrons. The molecule has 1 aromatic carbocycles. The number of nitrogen functional groups attached to an aromatic ring is 1. The summed E-state index contributed by atoms with van der Waals surface area (Å²) in [5.74, 6) is 1.60. The molecule has 2 aliphatic heterocycles. The number of likely N-dealkylation sites (tertiary alicyclic amines) is 1. The van der Waals surface area contributed by atoms with Crippen LogP contribution in [-0.4, -0.2) is 107 Å². The predicted molar refractivity (Wildman–Crippen MR) is 170 cm³/mol. The van der Waals surface area contributed by atoms with E-state index in [-0.39, 0.29) is 30.5 Å². The number of anilines is 2. The Hall–Kier alpha value is -2.37. The second-order valence-corrected chi connectivity index (χ2v) is 12.2. The number of aromatic nitrogens is 2. The van der Waals surface area contributed by atoms with Crippen LogP contribution in [0.1, 0.15) is 42.2 Å². The largest absolute Gasteiger partial charge is 0.492 e. The van der Waals surface area contributed by atoms with E-state index in [1.54, 1.807) is 11.8 Å². The number of benzene rings is 1. The van der Waals surface area contributed by atoms with Gasteiger partial charge in [-0.3, -0.25) is 19.4 Å². The van der Waals surface area contributed by atoms with Gasteiger partial charge in [-0.2, -0.15) is 11.8 Å². The van der Waals surface area contributed by atoms with Crippen LogP contribution in [0.4, 0.5) is 11.6 Å². The molecule has 2 aliphatic rings. The Labute approximate surface area is 248 Å². The van der Waals surface area contributed by atoms with Crippen LogP contribution in [0.25, 0.3) is 0 Å². The number of carbonyl (C=O) groups excluding carboxylic acids is 1. The van der Waals surface area contributed by atoms with Gasteiger partial charge in [0.15, 0.2) is 11.6 Å². The Morgan fingerprint density at radius 3 is 2.78 bits per heavy atom. The highest BCUT2D eigenvalue weighted by molar-refractivity contribution is 7.98. The number of amides is 1. The van der Waals surface area contributed by atoms with Crippen molar-refractivity contribution in [1.29, 1.82) is 0 Å². The lowest BCUT2D eigenvalue weighted by Crippen LogP contribution is -2.59. The zero-order valence-electron chi connectivity index (χ0n) is 24.1. The minimum Gasteiger partial charge on any atom is -0.492 e. The fourth-order valence-electron chi connectivity index (χ4n) is 5.71. The lowest BCUT2D eigenvalue weighted by molar-refractivity contribution is 0.0610. The standard InChI is InChI=1S/C28H44N7O4PS/c1-3-20-18-34(26-28(38)31-24(25(29)32-26)27(37)30-8-13-36)11-12-35(20)21-6-9-33(10-7-21)17-19-4-5-23(40)22(16-19)39-14-15-41-2/h4-5,16,20-21,36H,3,6-15,17-18,40H2,1-2H3,(H2,29,32)(H,30,37)(H,31,38). The van der Waals surface area contributed by atoms with E-state index >= 15 is 0 Å². The summed E-state index contributed by atoms with van der Waals surface area (Å²) in [6.07, 6.45) is 5.27. The van der Waals surface area contributed by atoms with Gasteiger partial charge in [-0.15, -0.1) is 9.24 Å². The van der Waals surface area contributed by atoms with Crippen LogP contribution in [0.3, 0.4) is 0 Å². The lowest BCUT2D eigenvalue weighted by atomic mass is 9.98. The van der Waals surface area contributed by atoms with E-state index in [9.17, 15) is 9.59 Å². The van der Waals surface area contributed by atoms with Crippen molar-refractivity contribution < 1.29 is 14.6 Å². The second-order valence-electron chi connectivity index (χ2n) is 10.6. The van der Waals surface area contributed by atoms with Crippen molar-refractivity contribution in [3.05, 3.63) is 39.8 Å². The smallest absolute Gasteiger partial charge is 0.291 e. The maximum atomic E-state index is 12.9. The number of nitrogens with one attached hydrogen (secondary N) is 2. The number of ether oxygens (including phenoxy) is 1. The topological polar surface area (TPSA) is 140 Å². The molecule has 1 aromatic heterocycles. The molecule has 2 unspecified atom stereocenters. The molecular weight excluding hydrogens is 561 g/mol. The maximum absolute atomic E-state index is 12.9. The zero-order chi connectivity index (χ0) is 29.4. The third-order valence-corrected chi connectivity index (χ3v) is 8.95. The van der Waals surface area contributed by atoms with Crippen LogP contribution < -0.4 is 31.6 Å². The molecule has 2 fully saturated rings. The Morgan fingerprint density at radius 1 is 1.29 bits per heavy atom. The lowest BCUT2D eigenvalue weighted by Gasteiger charge is -2.47. The highest BCUT2D eigenvalue weighted by Crippen LogP contribution is 2.26. The number of rotatable bonds is 12. The van der Waals surface area contributed by atoms with Crippen LogP contribution >= 0.6 is 21.0 Å². The third-order valence-electron chi connectivity index (χ3n) is 7.90. The van der Waals surface area contributed by atoms with Crippen molar-refractivity contribution in [1.82, 2.24) is 25.1 Å². The fraction of sp³-hybridized carbons (Fsp3) is 0.607. The van der Waals surface area contributed by atoms with Crippen LogP contribution in [0.15, 0.2) is 23.0 Å². The van der Waals surface area contributed by atoms with E-state index < -0.39 is 11.5 Å². The first-order valence-corrected chi connectivity index (χ1v) is 16.3. The van der Waals surface area contributed by atoms with E-state index in [1.165, 1.54) is 5.56 Å². The second kappa shape index (κ2) is 15.2. The van der Waals surface area contributed by atoms with Gasteiger partial charge < -0.3 is 30.8 Å². The van der Waals surface area contributed by atoms with Crippen molar-refractivity contribution >= 4 is 43.8 Å². The fourth-order valence-corrected chi connectivity index (χ4v) is 6.22. The zero-order valence-corrected chi connectivity index (χ0v) is 26.1. The van der Waals surface area contributed by atoms with Crippen molar-refractivity contribution in [3.63, 3.8) is 0 Å². The third kappa shape index (κ3) is 8.14. The summed E-state index contributed by atoms with van der Waals surface area (Å²) in [4.78, 5) is 39.1. The normalized spacial score (nSPS) is 18.9. The minimum absolute atomic E-state index is 0.0242. The average molecular weight is 606 g/mol. The number of hydrogen-bond donors (Lipinski definition) is 4. The molecule has 4 rings (SSSR count). The van der Waals surface area contributed by atoms with Gasteiger partial charge in [0.1, 0.15) is 11.4 Å². The first-order chi connectivity index (χ1) is 19.8. The molecule has 2 aromatic rings. The molecule has 0 spiro atoms. The molecule has 0 aliphatic carbocycles. The minimum atomic E-state index is -0.559. The first kappa shape index (κ1) is 31.6. The van der Waals surface area contributed by atoms with E-state index in [0.29, 0.717) is 25.2 Å². The van der Waals surface area contributed by atoms with Crippen LogP contribution in [-0.2, 0) is 6.54 Å². The number of H-pyrrole nitrogens is 1. The van der Waals surface area contributed by atoms with Gasteiger partial charge >= 0.3 is 0 Å². The van der Waals surface area contributed by atoms with E-state index in [2.05, 4.69) is 65.7 Å². The van der Waals surface area contributed by atoms with Crippen molar-refractivity contribution in [3.8, 4) is 5.75 Å². The van der Waals surface area contributed by atoms with E-state index in [0.717, 1.165) is 68.9 Å². The molecule has 41 heavy (non-hydrogen) atoms. The quantitative estimate of drug-likeness (QED) is 0.204. The SMILES string of the molecule is CCC1CN(c2nc(N)c(C(=O)NCCO)[nH]c2=O)CCN1C1CCN(Cc2ccc(P)c(OCCSC)c2)CC1. The summed E-state index contributed by atoms with van der Waals surface area (Å²) in [6.45, 7) is 7.98. The summed E-state index contributed by atoms with van der Waals surface area (Å²) in [7, 11) is 2.77. The highest BCUT2D eigenvalue weighted by Gasteiger charge is 2.34.